The summed E-state index contributed by atoms with van der Waals surface area (Å²) in [6, 6.07) is 21.0. The highest BCUT2D eigenvalue weighted by Crippen LogP contribution is 2.24. The van der Waals surface area contributed by atoms with Crippen LogP contribution < -0.4 is 9.62 Å². The second-order valence-corrected chi connectivity index (χ2v) is 13.2. The number of benzene rings is 3. The predicted octanol–water partition coefficient (Wildman–Crippen LogP) is 5.44. The molecule has 0 bridgehead atoms. The molecule has 1 aliphatic carbocycles. The number of nitrogens with zero attached hydrogens (tertiary/aromatic N) is 2. The summed E-state index contributed by atoms with van der Waals surface area (Å²) in [5.41, 5.74) is 1.36. The lowest BCUT2D eigenvalue weighted by atomic mass is 9.94. The first kappa shape index (κ1) is 30.7. The molecular formula is C31H35BrFN3O4S. The van der Waals surface area contributed by atoms with E-state index in [1.165, 1.54) is 11.0 Å². The van der Waals surface area contributed by atoms with Crippen LogP contribution in [0.25, 0.3) is 0 Å². The first-order valence-electron chi connectivity index (χ1n) is 13.7. The highest BCUT2D eigenvalue weighted by Gasteiger charge is 2.34. The Morgan fingerprint density at radius 3 is 2.32 bits per heavy atom. The van der Waals surface area contributed by atoms with Gasteiger partial charge in [0.05, 0.1) is 11.9 Å². The maximum absolute atomic E-state index is 14.9. The Bertz CT molecular complexity index is 1450. The van der Waals surface area contributed by atoms with Gasteiger partial charge in [0.25, 0.3) is 0 Å². The maximum Gasteiger partial charge on any atom is 0.244 e. The molecule has 1 unspecified atom stereocenters. The standard InChI is InChI=1S/C31H35BrFN3O4S/c1-41(39,40)36(27-17-10-14-25(32)20-27)22-30(37)35(21-24-13-8-9-18-28(24)33)29(19-23-11-4-2-5-12-23)31(38)34-26-15-6-3-7-16-26/h2,4-5,8-14,17-18,20,26,29H,3,6-7,15-16,19,21-22H2,1H3,(H,34,38). The normalized spacial score (nSPS) is 14.7. The monoisotopic (exact) mass is 643 g/mol. The minimum absolute atomic E-state index is 0.00544. The summed E-state index contributed by atoms with van der Waals surface area (Å²) >= 11 is 3.36. The fourth-order valence-electron chi connectivity index (χ4n) is 5.15. The van der Waals surface area contributed by atoms with Gasteiger partial charge in [-0.05, 0) is 42.7 Å². The van der Waals surface area contributed by atoms with E-state index in [0.29, 0.717) is 10.2 Å². The zero-order valence-corrected chi connectivity index (χ0v) is 25.4. The Kier molecular flexibility index (Phi) is 10.6. The second kappa shape index (κ2) is 14.1. The molecule has 0 heterocycles. The third-order valence-corrected chi connectivity index (χ3v) is 8.93. The van der Waals surface area contributed by atoms with Crippen molar-refractivity contribution in [3.8, 4) is 0 Å². The van der Waals surface area contributed by atoms with Crippen LogP contribution in [0, 0.1) is 5.82 Å². The third-order valence-electron chi connectivity index (χ3n) is 7.30. The molecule has 0 spiro atoms. The predicted molar refractivity (Wildman–Crippen MR) is 162 cm³/mol. The molecule has 10 heteroatoms. The molecule has 2 amide bonds. The number of hydrogen-bond acceptors (Lipinski definition) is 4. The highest BCUT2D eigenvalue weighted by atomic mass is 79.9. The van der Waals surface area contributed by atoms with Crippen LogP contribution in [0.5, 0.6) is 0 Å². The molecular weight excluding hydrogens is 609 g/mol. The average molecular weight is 645 g/mol. The van der Waals surface area contributed by atoms with Crippen LogP contribution >= 0.6 is 15.9 Å². The van der Waals surface area contributed by atoms with Gasteiger partial charge in [-0.3, -0.25) is 13.9 Å². The first-order chi connectivity index (χ1) is 19.6. The van der Waals surface area contributed by atoms with Crippen LogP contribution in [-0.2, 0) is 32.6 Å². The second-order valence-electron chi connectivity index (χ2n) is 10.4. The van der Waals surface area contributed by atoms with Gasteiger partial charge < -0.3 is 10.2 Å². The molecule has 218 valence electrons. The number of carbonyl (C=O) groups excluding carboxylic acids is 2. The van der Waals surface area contributed by atoms with Crippen LogP contribution in [0.4, 0.5) is 10.1 Å². The number of carbonyl (C=O) groups is 2. The van der Waals surface area contributed by atoms with Gasteiger partial charge in [-0.15, -0.1) is 0 Å². The summed E-state index contributed by atoms with van der Waals surface area (Å²) in [4.78, 5) is 29.3. The quantitative estimate of drug-likeness (QED) is 0.301. The smallest absolute Gasteiger partial charge is 0.244 e. The van der Waals surface area contributed by atoms with Crippen molar-refractivity contribution in [1.82, 2.24) is 10.2 Å². The Labute approximate surface area is 249 Å². The highest BCUT2D eigenvalue weighted by molar-refractivity contribution is 9.10. The molecule has 0 saturated heterocycles. The number of rotatable bonds is 11. The lowest BCUT2D eigenvalue weighted by Crippen LogP contribution is -2.55. The molecule has 0 radical (unpaired) electrons. The van der Waals surface area contributed by atoms with Crippen molar-refractivity contribution < 1.29 is 22.4 Å². The zero-order valence-electron chi connectivity index (χ0n) is 23.0. The number of sulfonamides is 1. The van der Waals surface area contributed by atoms with E-state index in [9.17, 15) is 22.4 Å². The fraction of sp³-hybridized carbons (Fsp3) is 0.355. The van der Waals surface area contributed by atoms with Crippen molar-refractivity contribution in [2.45, 2.75) is 57.2 Å². The SMILES string of the molecule is CS(=O)(=O)N(CC(=O)N(Cc1ccccc1F)C(Cc1ccccc1)C(=O)NC1CCCCC1)c1cccc(Br)c1. The molecule has 4 rings (SSSR count). The number of halogens is 2. The van der Waals surface area contributed by atoms with Crippen molar-refractivity contribution in [3.05, 3.63) is 100 Å². The molecule has 1 fully saturated rings. The molecule has 0 aromatic heterocycles. The van der Waals surface area contributed by atoms with Gasteiger partial charge in [0, 0.05) is 29.0 Å². The van der Waals surface area contributed by atoms with Gasteiger partial charge in [0.1, 0.15) is 18.4 Å². The van der Waals surface area contributed by atoms with Crippen LogP contribution in [0.15, 0.2) is 83.3 Å². The molecule has 41 heavy (non-hydrogen) atoms. The van der Waals surface area contributed by atoms with Crippen molar-refractivity contribution in [3.63, 3.8) is 0 Å². The minimum atomic E-state index is -3.88. The van der Waals surface area contributed by atoms with E-state index in [4.69, 9.17) is 0 Å². The van der Waals surface area contributed by atoms with E-state index in [2.05, 4.69) is 21.2 Å². The van der Waals surface area contributed by atoms with Gasteiger partial charge in [0.2, 0.25) is 21.8 Å². The largest absolute Gasteiger partial charge is 0.352 e. The summed E-state index contributed by atoms with van der Waals surface area (Å²) in [5, 5.41) is 3.13. The Hall–Kier alpha value is -3.24. The third kappa shape index (κ3) is 8.63. The van der Waals surface area contributed by atoms with Gasteiger partial charge in [-0.2, -0.15) is 0 Å². The average Bonchev–Trinajstić information content (AvgIpc) is 2.95. The number of nitrogens with one attached hydrogen (secondary N) is 1. The number of amides is 2. The van der Waals surface area contributed by atoms with E-state index in [-0.39, 0.29) is 30.5 Å². The molecule has 1 aliphatic rings. The van der Waals surface area contributed by atoms with Gasteiger partial charge in [-0.1, -0.05) is 89.8 Å². The molecule has 1 saturated carbocycles. The van der Waals surface area contributed by atoms with E-state index >= 15 is 0 Å². The summed E-state index contributed by atoms with van der Waals surface area (Å²) in [6.45, 7) is -0.747. The minimum Gasteiger partial charge on any atom is -0.352 e. The van der Waals surface area contributed by atoms with E-state index in [0.717, 1.165) is 48.2 Å². The van der Waals surface area contributed by atoms with E-state index in [1.54, 1.807) is 42.5 Å². The molecule has 0 aliphatic heterocycles. The van der Waals surface area contributed by atoms with Gasteiger partial charge in [-0.25, -0.2) is 12.8 Å². The number of anilines is 1. The fourth-order valence-corrected chi connectivity index (χ4v) is 6.38. The lowest BCUT2D eigenvalue weighted by molar-refractivity contribution is -0.140. The van der Waals surface area contributed by atoms with Gasteiger partial charge >= 0.3 is 0 Å². The van der Waals surface area contributed by atoms with E-state index in [1.807, 2.05) is 30.3 Å². The van der Waals surface area contributed by atoms with Crippen LogP contribution in [0.2, 0.25) is 0 Å². The lowest BCUT2D eigenvalue weighted by Gasteiger charge is -2.35. The summed E-state index contributed by atoms with van der Waals surface area (Å²) in [7, 11) is -3.88. The summed E-state index contributed by atoms with van der Waals surface area (Å²) < 4.78 is 42.3. The van der Waals surface area contributed by atoms with Crippen LogP contribution in [-0.4, -0.2) is 50.0 Å². The topological polar surface area (TPSA) is 86.8 Å². The molecule has 3 aromatic carbocycles. The van der Waals surface area contributed by atoms with Crippen molar-refractivity contribution in [1.29, 1.82) is 0 Å². The Balaban J connectivity index is 1.73. The summed E-state index contributed by atoms with van der Waals surface area (Å²) in [6.07, 6.45) is 6.08. The van der Waals surface area contributed by atoms with Crippen molar-refractivity contribution in [2.24, 2.45) is 0 Å². The van der Waals surface area contributed by atoms with Crippen molar-refractivity contribution >= 4 is 43.5 Å². The number of hydrogen-bond donors (Lipinski definition) is 1. The Morgan fingerprint density at radius 2 is 1.66 bits per heavy atom. The van der Waals surface area contributed by atoms with Crippen LogP contribution in [0.3, 0.4) is 0 Å². The first-order valence-corrected chi connectivity index (χ1v) is 16.4. The van der Waals surface area contributed by atoms with Crippen LogP contribution in [0.1, 0.15) is 43.2 Å². The molecule has 3 aromatic rings. The van der Waals surface area contributed by atoms with Crippen molar-refractivity contribution in [2.75, 3.05) is 17.1 Å². The molecule has 1 atom stereocenters. The molecule has 1 N–H and O–H groups in total. The molecule has 7 nitrogen and oxygen atoms in total. The summed E-state index contributed by atoms with van der Waals surface area (Å²) in [5.74, 6) is -1.46. The maximum atomic E-state index is 14.9. The Morgan fingerprint density at radius 1 is 0.976 bits per heavy atom. The zero-order chi connectivity index (χ0) is 29.4. The van der Waals surface area contributed by atoms with Gasteiger partial charge in [0.15, 0.2) is 0 Å². The van der Waals surface area contributed by atoms with E-state index < -0.39 is 34.3 Å².